The number of hydrogen-bond donors (Lipinski definition) is 5. The fourth-order valence-electron chi connectivity index (χ4n) is 11.9. The van der Waals surface area contributed by atoms with Crippen LogP contribution in [0, 0.1) is 12.8 Å². The van der Waals surface area contributed by atoms with Crippen LogP contribution in [0.5, 0.6) is 0 Å². The Labute approximate surface area is 496 Å². The number of aromatic amines is 4. The number of Topliss-reactive ketones (excluding diaryl/α,β-unsaturated/α-hetero) is 1. The van der Waals surface area contributed by atoms with Crippen LogP contribution in [0.4, 0.5) is 22.7 Å². The fourth-order valence-corrected chi connectivity index (χ4v) is 12.8. The number of aromatic nitrogens is 10. The minimum Gasteiger partial charge on any atom is -0.371 e. The topological polar surface area (TPSA) is 212 Å². The monoisotopic (exact) mass is 1190 g/mol. The molecule has 0 aliphatic carbocycles. The highest BCUT2D eigenvalue weighted by molar-refractivity contribution is 6.33. The van der Waals surface area contributed by atoms with Crippen molar-refractivity contribution in [3.05, 3.63) is 111 Å². The van der Waals surface area contributed by atoms with E-state index in [1.807, 2.05) is 92.2 Å². The summed E-state index contributed by atoms with van der Waals surface area (Å²) >= 11 is 24.8. The zero-order valence-corrected chi connectivity index (χ0v) is 50.2. The van der Waals surface area contributed by atoms with Crippen LogP contribution in [0.15, 0.2) is 73.3 Å². The quantitative estimate of drug-likeness (QED) is 0.0962. The maximum atomic E-state index is 11.8. The van der Waals surface area contributed by atoms with Crippen LogP contribution in [-0.4, -0.2) is 138 Å². The molecule has 0 saturated carbocycles. The third-order valence-electron chi connectivity index (χ3n) is 16.6. The summed E-state index contributed by atoms with van der Waals surface area (Å²) in [5, 5.41) is 38.5. The van der Waals surface area contributed by atoms with Gasteiger partial charge in [0.15, 0.2) is 0 Å². The van der Waals surface area contributed by atoms with Crippen molar-refractivity contribution in [2.75, 3.05) is 72.5 Å². The smallest absolute Gasteiger partial charge is 0.219 e. The summed E-state index contributed by atoms with van der Waals surface area (Å²) in [6.45, 7) is 14.4. The highest BCUT2D eigenvalue weighted by Crippen LogP contribution is 2.37. The van der Waals surface area contributed by atoms with Gasteiger partial charge in [-0.15, -0.1) is 0 Å². The number of amides is 2. The van der Waals surface area contributed by atoms with E-state index in [4.69, 9.17) is 46.4 Å². The molecule has 3 saturated heterocycles. The van der Waals surface area contributed by atoms with Crippen LogP contribution in [0.1, 0.15) is 82.9 Å². The molecule has 4 aromatic carbocycles. The largest absolute Gasteiger partial charge is 0.371 e. The van der Waals surface area contributed by atoms with E-state index in [-0.39, 0.29) is 23.8 Å². The minimum absolute atomic E-state index is 0.0448. The second-order valence-corrected chi connectivity index (χ2v) is 23.4. The molecule has 0 unspecified atom stereocenters. The molecule has 3 fully saturated rings. The van der Waals surface area contributed by atoms with Gasteiger partial charge in [-0.25, -0.2) is 4.98 Å². The van der Waals surface area contributed by atoms with E-state index in [1.165, 1.54) is 5.69 Å². The zero-order valence-electron chi connectivity index (χ0n) is 47.1. The van der Waals surface area contributed by atoms with Crippen LogP contribution in [0.25, 0.3) is 43.6 Å². The Bertz CT molecular complexity index is 3710. The molecule has 4 aliphatic rings. The van der Waals surface area contributed by atoms with Crippen molar-refractivity contribution in [3.63, 3.8) is 0 Å². The van der Waals surface area contributed by atoms with E-state index in [1.54, 1.807) is 13.8 Å². The van der Waals surface area contributed by atoms with Gasteiger partial charge < -0.3 is 34.4 Å². The van der Waals surface area contributed by atoms with Crippen molar-refractivity contribution in [1.29, 1.82) is 0 Å². The van der Waals surface area contributed by atoms with E-state index in [0.717, 1.165) is 180 Å². The SMILES string of the molecule is CC(=O)N(C)C1CCN(c2cc(Cl)cc3[nH]ncc23)CC1.CC(=O)NC1CCN(c2cc(Cl)cc3[nH]ncc23)CC1.CCC(=O)C1CCN(c2cc(Cl)cc3[nH]ncc23)CC1.Cc1nc2c(n1C)CCN(c1cc(Cl)cc3[nH]ncc13)C2. The van der Waals surface area contributed by atoms with Gasteiger partial charge in [0.2, 0.25) is 11.8 Å². The number of nitrogens with zero attached hydrogens (tertiary/aromatic N) is 11. The Morgan fingerprint density at radius 2 is 0.976 bits per heavy atom. The summed E-state index contributed by atoms with van der Waals surface area (Å²) < 4.78 is 2.19. The molecule has 432 valence electrons. The number of fused-ring (bicyclic) bond motifs is 5. The lowest BCUT2D eigenvalue weighted by molar-refractivity contribution is -0.130. The lowest BCUT2D eigenvalue weighted by atomic mass is 9.91. The molecule has 2 amide bonds. The number of hydrogen-bond acceptors (Lipinski definition) is 12. The van der Waals surface area contributed by atoms with Gasteiger partial charge in [-0.1, -0.05) is 53.3 Å². The number of ketones is 1. The highest BCUT2D eigenvalue weighted by Gasteiger charge is 2.28. The summed E-state index contributed by atoms with van der Waals surface area (Å²) in [5.41, 5.74) is 10.8. The molecule has 82 heavy (non-hydrogen) atoms. The number of benzene rings is 4. The van der Waals surface area contributed by atoms with Gasteiger partial charge in [-0.05, 0) is 94.0 Å². The number of H-pyrrole nitrogens is 4. The number of rotatable bonds is 8. The number of anilines is 4. The second kappa shape index (κ2) is 25.6. The van der Waals surface area contributed by atoms with Gasteiger partial charge in [0.1, 0.15) is 11.6 Å². The van der Waals surface area contributed by atoms with E-state index in [0.29, 0.717) is 33.3 Å². The maximum absolute atomic E-state index is 11.8. The van der Waals surface area contributed by atoms with Crippen LogP contribution < -0.4 is 24.9 Å². The average Bonchev–Trinajstić information content (AvgIpc) is 4.53. The summed E-state index contributed by atoms with van der Waals surface area (Å²) in [4.78, 5) is 50.1. The molecule has 0 spiro atoms. The lowest BCUT2D eigenvalue weighted by Crippen LogP contribution is -2.45. The van der Waals surface area contributed by atoms with Crippen LogP contribution in [0.3, 0.4) is 0 Å². The molecule has 0 radical (unpaired) electrons. The molecule has 5 N–H and O–H groups in total. The summed E-state index contributed by atoms with van der Waals surface area (Å²) in [7, 11) is 3.97. The predicted molar refractivity (Wildman–Crippen MR) is 330 cm³/mol. The number of nitrogens with one attached hydrogen (secondary N) is 5. The number of piperidine rings is 3. The van der Waals surface area contributed by atoms with Crippen LogP contribution >= 0.6 is 46.4 Å². The summed E-state index contributed by atoms with van der Waals surface area (Å²) in [5.74, 6) is 1.87. The molecular weight excluding hydrogens is 1120 g/mol. The van der Waals surface area contributed by atoms with Gasteiger partial charge in [0.25, 0.3) is 0 Å². The summed E-state index contributed by atoms with van der Waals surface area (Å²) in [6.07, 6.45) is 14.7. The van der Waals surface area contributed by atoms with Gasteiger partial charge in [-0.3, -0.25) is 34.8 Å². The first kappa shape index (κ1) is 58.1. The van der Waals surface area contributed by atoms with Crippen molar-refractivity contribution < 1.29 is 14.4 Å². The van der Waals surface area contributed by atoms with E-state index >= 15 is 0 Å². The molecule has 19 nitrogen and oxygen atoms in total. The maximum Gasteiger partial charge on any atom is 0.219 e. The van der Waals surface area contributed by atoms with E-state index in [9.17, 15) is 14.4 Å². The molecule has 13 rings (SSSR count). The Morgan fingerprint density at radius 3 is 1.37 bits per heavy atom. The number of carbonyl (C=O) groups excluding carboxylic acids is 3. The molecule has 0 atom stereocenters. The van der Waals surface area contributed by atoms with E-state index in [2.05, 4.69) is 89.2 Å². The zero-order chi connectivity index (χ0) is 57.8. The van der Waals surface area contributed by atoms with E-state index < -0.39 is 0 Å². The van der Waals surface area contributed by atoms with Crippen molar-refractivity contribution in [2.24, 2.45) is 13.0 Å². The van der Waals surface area contributed by atoms with Crippen molar-refractivity contribution in [3.8, 4) is 0 Å². The molecule has 23 heteroatoms. The Morgan fingerprint density at radius 1 is 0.585 bits per heavy atom. The lowest BCUT2D eigenvalue weighted by Gasteiger charge is -2.37. The number of imidazole rings is 1. The van der Waals surface area contributed by atoms with Crippen molar-refractivity contribution in [1.82, 2.24) is 60.6 Å². The second-order valence-electron chi connectivity index (χ2n) is 21.7. The number of halogens is 4. The molecule has 9 aromatic rings. The first-order chi connectivity index (χ1) is 39.5. The highest BCUT2D eigenvalue weighted by atomic mass is 35.5. The molecule has 9 heterocycles. The van der Waals surface area contributed by atoms with Gasteiger partial charge in [0.05, 0.1) is 59.1 Å². The third kappa shape index (κ3) is 13.1. The average molecular weight is 1190 g/mol. The number of carbonyl (C=O) groups is 3. The first-order valence-corrected chi connectivity index (χ1v) is 29.6. The van der Waals surface area contributed by atoms with Crippen LogP contribution in [0.2, 0.25) is 20.1 Å². The van der Waals surface area contributed by atoms with Crippen LogP contribution in [-0.2, 0) is 34.4 Å². The fraction of sp³-hybridized carbons (Fsp3) is 0.424. The standard InChI is InChI=1S/C15H16ClN5.C15H19ClN4O.C15H18ClN3O.C14H17ClN4O/c1-9-18-13-8-21(4-3-14(13)20(9)2)15-6-10(16)5-12-11(15)7-17-19-12;1-10(21)19(2)12-3-5-20(6-4-12)15-8-11(16)7-14-13(15)9-17-18-14;1-2-15(20)10-3-5-19(6-4-10)14-8-11(16)7-13-12(14)9-17-18-13;1-9(20)17-11-2-4-19(5-3-11)14-7-10(15)6-13-12(14)8-16-18-13/h5-7H,3-4,8H2,1-2H3,(H,17,19);7-9,12H,3-6H2,1-2H3,(H,17,18);7-10H,2-6H2,1H3,(H,17,18);6-8,11H,2-5H2,1H3,(H,16,18)(H,17,20). The van der Waals surface area contributed by atoms with Crippen molar-refractivity contribution >= 4 is 130 Å². The van der Waals surface area contributed by atoms with Gasteiger partial charge in [-0.2, -0.15) is 20.4 Å². The molecule has 5 aromatic heterocycles. The molecular formula is C59H70Cl4N16O3. The van der Waals surface area contributed by atoms with Gasteiger partial charge >= 0.3 is 0 Å². The van der Waals surface area contributed by atoms with Gasteiger partial charge in [0, 0.05) is 175 Å². The van der Waals surface area contributed by atoms with Crippen molar-refractivity contribution in [2.45, 2.75) is 97.7 Å². The third-order valence-corrected chi connectivity index (χ3v) is 17.4. The first-order valence-electron chi connectivity index (χ1n) is 28.1. The summed E-state index contributed by atoms with van der Waals surface area (Å²) in [6, 6.07) is 16.2. The normalized spacial score (nSPS) is 16.1. The Kier molecular flexibility index (Phi) is 18.2. The molecule has 0 bridgehead atoms. The predicted octanol–water partition coefficient (Wildman–Crippen LogP) is 11.2. The minimum atomic E-state index is 0.0448. The Balaban J connectivity index is 0.000000122. The molecule has 4 aliphatic heterocycles. The Hall–Kier alpha value is -7.06. The number of aryl methyl sites for hydroxylation is 1.